The maximum absolute atomic E-state index is 8.36. The van der Waals surface area contributed by atoms with Gasteiger partial charge in [-0.2, -0.15) is 0 Å². The molecule has 1 atom stereocenters. The standard InChI is InChI=1S/C7H13O3/c8-4-6-10-7-3-1-2-5-9-7/h6-8H,1-5H2. The molecule has 1 heterocycles. The number of hydrogen-bond acceptors (Lipinski definition) is 3. The highest BCUT2D eigenvalue weighted by Crippen LogP contribution is 2.13. The molecule has 1 aliphatic heterocycles. The second-order valence-corrected chi connectivity index (χ2v) is 2.28. The molecule has 1 N–H and O–H groups in total. The van der Waals surface area contributed by atoms with E-state index in [2.05, 4.69) is 0 Å². The van der Waals surface area contributed by atoms with E-state index in [1.165, 1.54) is 6.61 Å². The highest BCUT2D eigenvalue weighted by atomic mass is 16.7. The number of aliphatic hydroxyl groups is 1. The van der Waals surface area contributed by atoms with Crippen LogP contribution in [0.4, 0.5) is 0 Å². The van der Waals surface area contributed by atoms with Crippen molar-refractivity contribution in [3.8, 4) is 0 Å². The predicted octanol–water partition coefficient (Wildman–Crippen LogP) is 0.684. The highest BCUT2D eigenvalue weighted by molar-refractivity contribution is 4.56. The lowest BCUT2D eigenvalue weighted by atomic mass is 10.2. The molecule has 1 aliphatic rings. The Morgan fingerprint density at radius 1 is 1.60 bits per heavy atom. The fraction of sp³-hybridized carbons (Fsp3) is 0.857. The Morgan fingerprint density at radius 3 is 3.10 bits per heavy atom. The van der Waals surface area contributed by atoms with Gasteiger partial charge in [0.15, 0.2) is 6.29 Å². The van der Waals surface area contributed by atoms with Gasteiger partial charge in [0.05, 0.1) is 6.61 Å². The van der Waals surface area contributed by atoms with Crippen molar-refractivity contribution < 1.29 is 14.6 Å². The van der Waals surface area contributed by atoms with Crippen molar-refractivity contribution in [2.45, 2.75) is 25.6 Å². The van der Waals surface area contributed by atoms with Crippen molar-refractivity contribution in [2.24, 2.45) is 0 Å². The van der Waals surface area contributed by atoms with Crippen molar-refractivity contribution >= 4 is 0 Å². The average Bonchev–Trinajstić information content (AvgIpc) is 2.03. The molecule has 0 aromatic heterocycles. The molecule has 0 amide bonds. The highest BCUT2D eigenvalue weighted by Gasteiger charge is 2.12. The van der Waals surface area contributed by atoms with Gasteiger partial charge in [0.25, 0.3) is 0 Å². The first-order valence-corrected chi connectivity index (χ1v) is 3.63. The summed E-state index contributed by atoms with van der Waals surface area (Å²) < 4.78 is 10.3. The molecular weight excluding hydrogens is 132 g/mol. The van der Waals surface area contributed by atoms with E-state index in [1.807, 2.05) is 0 Å². The Hall–Kier alpha value is -0.120. The van der Waals surface area contributed by atoms with Gasteiger partial charge in [0.1, 0.15) is 6.61 Å². The molecule has 1 radical (unpaired) electrons. The zero-order valence-corrected chi connectivity index (χ0v) is 5.95. The lowest BCUT2D eigenvalue weighted by Gasteiger charge is -2.21. The summed E-state index contributed by atoms with van der Waals surface area (Å²) in [5, 5.41) is 8.36. The van der Waals surface area contributed by atoms with E-state index in [1.54, 1.807) is 0 Å². The van der Waals surface area contributed by atoms with E-state index < -0.39 is 0 Å². The Labute approximate surface area is 60.9 Å². The minimum absolute atomic E-state index is 0.0418. The largest absolute Gasteiger partial charge is 0.394 e. The van der Waals surface area contributed by atoms with Gasteiger partial charge in [-0.25, -0.2) is 0 Å². The molecule has 0 aromatic rings. The van der Waals surface area contributed by atoms with Gasteiger partial charge in [-0.3, -0.25) is 0 Å². The zero-order chi connectivity index (χ0) is 7.23. The smallest absolute Gasteiger partial charge is 0.158 e. The molecule has 0 aliphatic carbocycles. The van der Waals surface area contributed by atoms with E-state index in [9.17, 15) is 0 Å². The Morgan fingerprint density at radius 2 is 2.50 bits per heavy atom. The molecule has 3 nitrogen and oxygen atoms in total. The first-order valence-electron chi connectivity index (χ1n) is 3.63. The second-order valence-electron chi connectivity index (χ2n) is 2.28. The van der Waals surface area contributed by atoms with Crippen molar-refractivity contribution in [2.75, 3.05) is 13.2 Å². The van der Waals surface area contributed by atoms with Crippen LogP contribution in [-0.4, -0.2) is 24.6 Å². The summed E-state index contributed by atoms with van der Waals surface area (Å²) >= 11 is 0. The van der Waals surface area contributed by atoms with Crippen LogP contribution in [0, 0.1) is 6.61 Å². The van der Waals surface area contributed by atoms with E-state index in [0.717, 1.165) is 25.9 Å². The van der Waals surface area contributed by atoms with E-state index in [0.29, 0.717) is 0 Å². The Kier molecular flexibility index (Phi) is 3.72. The lowest BCUT2D eigenvalue weighted by molar-refractivity contribution is -0.146. The molecular formula is C7H13O3. The Balaban J connectivity index is 2.02. The fourth-order valence-electron chi connectivity index (χ4n) is 0.969. The summed E-state index contributed by atoms with van der Waals surface area (Å²) in [6.45, 7) is 2.11. The lowest BCUT2D eigenvalue weighted by Crippen LogP contribution is -2.21. The van der Waals surface area contributed by atoms with Gasteiger partial charge in [0, 0.05) is 6.61 Å². The van der Waals surface area contributed by atoms with Gasteiger partial charge >= 0.3 is 0 Å². The maximum Gasteiger partial charge on any atom is 0.158 e. The van der Waals surface area contributed by atoms with Crippen molar-refractivity contribution in [3.05, 3.63) is 6.61 Å². The van der Waals surface area contributed by atoms with Crippen molar-refractivity contribution in [1.29, 1.82) is 0 Å². The molecule has 1 saturated heterocycles. The van der Waals surface area contributed by atoms with Crippen LogP contribution in [0.1, 0.15) is 19.3 Å². The van der Waals surface area contributed by atoms with Crippen molar-refractivity contribution in [1.82, 2.24) is 0 Å². The van der Waals surface area contributed by atoms with Crippen LogP contribution >= 0.6 is 0 Å². The average molecular weight is 145 g/mol. The maximum atomic E-state index is 8.36. The summed E-state index contributed by atoms with van der Waals surface area (Å²) in [5.74, 6) is 0. The van der Waals surface area contributed by atoms with Gasteiger partial charge in [0.2, 0.25) is 0 Å². The quantitative estimate of drug-likeness (QED) is 0.634. The molecule has 0 spiro atoms. The molecule has 3 heteroatoms. The summed E-state index contributed by atoms with van der Waals surface area (Å²) in [6.07, 6.45) is 3.11. The van der Waals surface area contributed by atoms with Crippen LogP contribution in [0.5, 0.6) is 0 Å². The van der Waals surface area contributed by atoms with Crippen LogP contribution in [0.2, 0.25) is 0 Å². The molecule has 0 aromatic carbocycles. The van der Waals surface area contributed by atoms with Gasteiger partial charge in [-0.15, -0.1) is 0 Å². The van der Waals surface area contributed by atoms with E-state index >= 15 is 0 Å². The minimum atomic E-state index is -0.110. The summed E-state index contributed by atoms with van der Waals surface area (Å²) in [5.41, 5.74) is 0. The molecule has 10 heavy (non-hydrogen) atoms. The zero-order valence-electron chi connectivity index (χ0n) is 5.95. The molecule has 1 fully saturated rings. The third-order valence-electron chi connectivity index (χ3n) is 1.46. The molecule has 1 rings (SSSR count). The van der Waals surface area contributed by atoms with Gasteiger partial charge in [-0.1, -0.05) is 0 Å². The summed E-state index contributed by atoms with van der Waals surface area (Å²) in [6, 6.07) is 0. The van der Waals surface area contributed by atoms with Crippen LogP contribution in [0.25, 0.3) is 0 Å². The summed E-state index contributed by atoms with van der Waals surface area (Å²) in [7, 11) is 0. The molecule has 1 unspecified atom stereocenters. The minimum Gasteiger partial charge on any atom is -0.394 e. The number of aliphatic hydroxyl groups excluding tert-OH is 1. The van der Waals surface area contributed by atoms with E-state index in [-0.39, 0.29) is 12.9 Å². The van der Waals surface area contributed by atoms with Gasteiger partial charge < -0.3 is 14.6 Å². The summed E-state index contributed by atoms with van der Waals surface area (Å²) in [4.78, 5) is 0. The monoisotopic (exact) mass is 145 g/mol. The first kappa shape index (κ1) is 7.98. The van der Waals surface area contributed by atoms with Crippen LogP contribution < -0.4 is 0 Å². The topological polar surface area (TPSA) is 38.7 Å². The SMILES string of the molecule is OC[CH]OC1CCCCO1. The van der Waals surface area contributed by atoms with Crippen LogP contribution in [-0.2, 0) is 9.47 Å². The van der Waals surface area contributed by atoms with Crippen LogP contribution in [0.3, 0.4) is 0 Å². The van der Waals surface area contributed by atoms with Crippen LogP contribution in [0.15, 0.2) is 0 Å². The predicted molar refractivity (Wildman–Crippen MR) is 36.1 cm³/mol. The molecule has 0 bridgehead atoms. The fourth-order valence-corrected chi connectivity index (χ4v) is 0.969. The van der Waals surface area contributed by atoms with Gasteiger partial charge in [-0.05, 0) is 19.3 Å². The third-order valence-corrected chi connectivity index (χ3v) is 1.46. The first-order chi connectivity index (χ1) is 4.93. The second kappa shape index (κ2) is 4.66. The third kappa shape index (κ3) is 2.64. The Bertz CT molecular complexity index is 78.9. The van der Waals surface area contributed by atoms with E-state index in [4.69, 9.17) is 14.6 Å². The normalized spacial score (nSPS) is 26.7. The number of rotatable bonds is 3. The molecule has 0 saturated carbocycles. The molecule has 59 valence electrons. The van der Waals surface area contributed by atoms with Crippen molar-refractivity contribution in [3.63, 3.8) is 0 Å². The number of hydrogen-bond donors (Lipinski definition) is 1. The number of ether oxygens (including phenoxy) is 2.